The Bertz CT molecular complexity index is 794. The lowest BCUT2D eigenvalue weighted by atomic mass is 9.71. The third kappa shape index (κ3) is 6.12. The predicted octanol–water partition coefficient (Wildman–Crippen LogP) is 5.07. The fraction of sp³-hybridized carbons (Fsp3) is 0.571. The van der Waals surface area contributed by atoms with E-state index < -0.39 is 5.60 Å². The quantitative estimate of drug-likeness (QED) is 0.595. The summed E-state index contributed by atoms with van der Waals surface area (Å²) in [6.45, 7) is 6.75. The molecule has 1 aliphatic carbocycles. The molecular weight excluding hydrogens is 396 g/mol. The van der Waals surface area contributed by atoms with Crippen molar-refractivity contribution in [3.8, 4) is 5.75 Å². The number of ether oxygens (including phenoxy) is 1. The van der Waals surface area contributed by atoms with Crippen molar-refractivity contribution >= 4 is 0 Å². The lowest BCUT2D eigenvalue weighted by molar-refractivity contribution is -0.0254. The first-order valence-electron chi connectivity index (χ1n) is 12.5. The molecule has 2 fully saturated rings. The van der Waals surface area contributed by atoms with Gasteiger partial charge in [0.15, 0.2) is 0 Å². The summed E-state index contributed by atoms with van der Waals surface area (Å²) >= 11 is 0. The van der Waals surface area contributed by atoms with Gasteiger partial charge in [-0.1, -0.05) is 61.7 Å². The Hall–Kier alpha value is -1.88. The number of piperazine rings is 1. The van der Waals surface area contributed by atoms with Crippen molar-refractivity contribution in [2.75, 3.05) is 39.8 Å². The second kappa shape index (κ2) is 11.3. The highest BCUT2D eigenvalue weighted by molar-refractivity contribution is 5.31. The van der Waals surface area contributed by atoms with Crippen molar-refractivity contribution in [2.24, 2.45) is 0 Å². The first kappa shape index (κ1) is 23.3. The number of hydrogen-bond acceptors (Lipinski definition) is 4. The Balaban J connectivity index is 1.29. The standard InChI is InChI=1S/C28H40N2O2/c1-32-26-14-12-25(13-15-26)27(28(31)16-6-3-7-17-28)11-8-18-29-19-21-30(22-20-29)23-24-9-4-2-5-10-24/h2,4-5,9-10,12-15,27,31H,3,6-8,11,16-23H2,1H3. The average Bonchev–Trinajstić information content (AvgIpc) is 2.84. The molecule has 2 aromatic carbocycles. The summed E-state index contributed by atoms with van der Waals surface area (Å²) in [5.41, 5.74) is 2.12. The van der Waals surface area contributed by atoms with Crippen LogP contribution in [-0.4, -0.2) is 60.3 Å². The monoisotopic (exact) mass is 436 g/mol. The van der Waals surface area contributed by atoms with E-state index in [0.29, 0.717) is 0 Å². The summed E-state index contributed by atoms with van der Waals surface area (Å²) in [4.78, 5) is 5.17. The summed E-state index contributed by atoms with van der Waals surface area (Å²) < 4.78 is 5.35. The minimum Gasteiger partial charge on any atom is -0.497 e. The van der Waals surface area contributed by atoms with E-state index in [1.165, 1.54) is 17.5 Å². The first-order chi connectivity index (χ1) is 15.7. The fourth-order valence-corrected chi connectivity index (χ4v) is 5.63. The van der Waals surface area contributed by atoms with E-state index in [0.717, 1.165) is 83.5 Å². The molecule has 1 aliphatic heterocycles. The van der Waals surface area contributed by atoms with Crippen LogP contribution in [0, 0.1) is 0 Å². The number of hydrogen-bond donors (Lipinski definition) is 1. The van der Waals surface area contributed by atoms with Crippen molar-refractivity contribution < 1.29 is 9.84 Å². The first-order valence-corrected chi connectivity index (χ1v) is 12.5. The molecule has 32 heavy (non-hydrogen) atoms. The largest absolute Gasteiger partial charge is 0.497 e. The molecule has 0 radical (unpaired) electrons. The molecule has 0 spiro atoms. The molecule has 1 saturated carbocycles. The van der Waals surface area contributed by atoms with Gasteiger partial charge < -0.3 is 14.7 Å². The molecule has 4 heteroatoms. The van der Waals surface area contributed by atoms with Gasteiger partial charge in [0.05, 0.1) is 12.7 Å². The van der Waals surface area contributed by atoms with Gasteiger partial charge in [-0.3, -0.25) is 4.90 Å². The van der Waals surface area contributed by atoms with Gasteiger partial charge in [0.1, 0.15) is 5.75 Å². The summed E-state index contributed by atoms with van der Waals surface area (Å²) in [7, 11) is 1.71. The van der Waals surface area contributed by atoms with Crippen LogP contribution in [0.3, 0.4) is 0 Å². The third-order valence-corrected chi connectivity index (χ3v) is 7.57. The number of nitrogens with zero attached hydrogens (tertiary/aromatic N) is 2. The van der Waals surface area contributed by atoms with E-state index in [-0.39, 0.29) is 5.92 Å². The SMILES string of the molecule is COc1ccc(C(CCCN2CCN(Cc3ccccc3)CC2)C2(O)CCCCC2)cc1. The summed E-state index contributed by atoms with van der Waals surface area (Å²) in [5.74, 6) is 1.10. The van der Waals surface area contributed by atoms with Gasteiger partial charge in [-0.25, -0.2) is 0 Å². The van der Waals surface area contributed by atoms with Gasteiger partial charge in [-0.2, -0.15) is 0 Å². The average molecular weight is 437 g/mol. The van der Waals surface area contributed by atoms with Crippen molar-refractivity contribution in [1.29, 1.82) is 0 Å². The molecular formula is C28H40N2O2. The van der Waals surface area contributed by atoms with Gasteiger partial charge in [0, 0.05) is 38.6 Å². The number of benzene rings is 2. The Morgan fingerprint density at radius 3 is 2.19 bits per heavy atom. The van der Waals surface area contributed by atoms with Gasteiger partial charge >= 0.3 is 0 Å². The lowest BCUT2D eigenvalue weighted by Gasteiger charge is -2.40. The topological polar surface area (TPSA) is 35.9 Å². The van der Waals surface area contributed by atoms with Crippen molar-refractivity contribution in [3.05, 3.63) is 65.7 Å². The van der Waals surface area contributed by atoms with Crippen LogP contribution in [0.15, 0.2) is 54.6 Å². The van der Waals surface area contributed by atoms with Gasteiger partial charge in [0.25, 0.3) is 0 Å². The molecule has 0 amide bonds. The Kier molecular flexibility index (Phi) is 8.23. The van der Waals surface area contributed by atoms with E-state index in [1.54, 1.807) is 7.11 Å². The second-order valence-corrected chi connectivity index (χ2v) is 9.74. The minimum absolute atomic E-state index is 0.216. The van der Waals surface area contributed by atoms with Gasteiger partial charge in [0.2, 0.25) is 0 Å². The van der Waals surface area contributed by atoms with Crippen LogP contribution < -0.4 is 4.74 Å². The molecule has 1 saturated heterocycles. The maximum Gasteiger partial charge on any atom is 0.118 e. The number of methoxy groups -OCH3 is 1. The molecule has 2 aliphatic rings. The van der Waals surface area contributed by atoms with E-state index in [1.807, 2.05) is 12.1 Å². The van der Waals surface area contributed by atoms with Gasteiger partial charge in [-0.05, 0) is 55.5 Å². The Labute approximate surface area is 194 Å². The summed E-state index contributed by atoms with van der Waals surface area (Å²) in [6.07, 6.45) is 7.60. The number of aliphatic hydroxyl groups is 1. The zero-order valence-electron chi connectivity index (χ0n) is 19.7. The molecule has 1 N–H and O–H groups in total. The molecule has 1 atom stereocenters. The molecule has 1 unspecified atom stereocenters. The van der Waals surface area contributed by atoms with Crippen molar-refractivity contribution in [1.82, 2.24) is 9.80 Å². The molecule has 1 heterocycles. The Morgan fingerprint density at radius 2 is 1.53 bits per heavy atom. The van der Waals surface area contributed by atoms with Crippen LogP contribution in [0.5, 0.6) is 5.75 Å². The maximum absolute atomic E-state index is 11.6. The van der Waals surface area contributed by atoms with E-state index in [4.69, 9.17) is 4.74 Å². The smallest absolute Gasteiger partial charge is 0.118 e. The van der Waals surface area contributed by atoms with Crippen LogP contribution in [0.2, 0.25) is 0 Å². The van der Waals surface area contributed by atoms with Gasteiger partial charge in [-0.15, -0.1) is 0 Å². The van der Waals surface area contributed by atoms with Crippen molar-refractivity contribution in [3.63, 3.8) is 0 Å². The minimum atomic E-state index is -0.554. The molecule has 4 nitrogen and oxygen atoms in total. The van der Waals surface area contributed by atoms with E-state index in [2.05, 4.69) is 52.3 Å². The van der Waals surface area contributed by atoms with Crippen LogP contribution in [-0.2, 0) is 6.54 Å². The molecule has 0 bridgehead atoms. The molecule has 174 valence electrons. The molecule has 2 aromatic rings. The summed E-state index contributed by atoms with van der Waals surface area (Å²) in [5, 5.41) is 11.6. The highest BCUT2D eigenvalue weighted by atomic mass is 16.5. The predicted molar refractivity (Wildman–Crippen MR) is 131 cm³/mol. The highest BCUT2D eigenvalue weighted by Crippen LogP contribution is 2.42. The molecule has 0 aromatic heterocycles. The third-order valence-electron chi connectivity index (χ3n) is 7.57. The zero-order chi connectivity index (χ0) is 22.2. The van der Waals surface area contributed by atoms with E-state index >= 15 is 0 Å². The lowest BCUT2D eigenvalue weighted by Crippen LogP contribution is -2.46. The highest BCUT2D eigenvalue weighted by Gasteiger charge is 2.38. The van der Waals surface area contributed by atoms with E-state index in [9.17, 15) is 5.11 Å². The van der Waals surface area contributed by atoms with Crippen molar-refractivity contribution in [2.45, 2.75) is 63.0 Å². The van der Waals surface area contributed by atoms with Crippen LogP contribution >= 0.6 is 0 Å². The Morgan fingerprint density at radius 1 is 0.875 bits per heavy atom. The maximum atomic E-state index is 11.6. The van der Waals surface area contributed by atoms with Crippen LogP contribution in [0.4, 0.5) is 0 Å². The number of rotatable bonds is 9. The summed E-state index contributed by atoms with van der Waals surface area (Å²) in [6, 6.07) is 19.2. The second-order valence-electron chi connectivity index (χ2n) is 9.74. The normalized spacial score (nSPS) is 20.7. The van der Waals surface area contributed by atoms with Crippen LogP contribution in [0.1, 0.15) is 62.0 Å². The zero-order valence-corrected chi connectivity index (χ0v) is 19.7. The molecule has 4 rings (SSSR count). The van der Waals surface area contributed by atoms with Crippen LogP contribution in [0.25, 0.3) is 0 Å². The fourth-order valence-electron chi connectivity index (χ4n) is 5.63.